The van der Waals surface area contributed by atoms with Gasteiger partial charge in [-0.2, -0.15) is 0 Å². The van der Waals surface area contributed by atoms with Gasteiger partial charge in [-0.1, -0.05) is 24.3 Å². The number of amides is 1. The van der Waals surface area contributed by atoms with Crippen LogP contribution in [0.4, 0.5) is 0 Å². The second kappa shape index (κ2) is 6.65. The predicted molar refractivity (Wildman–Crippen MR) is 78.8 cm³/mol. The first-order chi connectivity index (χ1) is 10.1. The molecule has 3 N–H and O–H groups in total. The Morgan fingerprint density at radius 2 is 1.81 bits per heavy atom. The quantitative estimate of drug-likeness (QED) is 0.736. The van der Waals surface area contributed by atoms with Crippen LogP contribution in [0, 0.1) is 0 Å². The summed E-state index contributed by atoms with van der Waals surface area (Å²) in [6.07, 6.45) is 0.405. The van der Waals surface area contributed by atoms with Crippen LogP contribution in [0.5, 0.6) is 17.2 Å². The SMILES string of the molecule is COc1ccc(CCNC(=O)c2ccccc2)c(O)c1O. The Morgan fingerprint density at radius 3 is 2.48 bits per heavy atom. The van der Waals surface area contributed by atoms with Crippen molar-refractivity contribution in [3.05, 3.63) is 53.6 Å². The molecule has 0 aliphatic carbocycles. The number of nitrogens with one attached hydrogen (secondary N) is 1. The summed E-state index contributed by atoms with van der Waals surface area (Å²) >= 11 is 0. The van der Waals surface area contributed by atoms with Gasteiger partial charge in [0.1, 0.15) is 0 Å². The third kappa shape index (κ3) is 3.45. The molecule has 1 amide bonds. The third-order valence-corrected chi connectivity index (χ3v) is 3.13. The fourth-order valence-corrected chi connectivity index (χ4v) is 1.97. The van der Waals surface area contributed by atoms with Crippen LogP contribution in [0.1, 0.15) is 15.9 Å². The van der Waals surface area contributed by atoms with Crippen LogP contribution in [-0.4, -0.2) is 29.8 Å². The molecule has 0 saturated carbocycles. The Hall–Kier alpha value is -2.69. The molecular weight excluding hydrogens is 270 g/mol. The summed E-state index contributed by atoms with van der Waals surface area (Å²) in [6.45, 7) is 0.354. The van der Waals surface area contributed by atoms with E-state index in [-0.39, 0.29) is 23.2 Å². The summed E-state index contributed by atoms with van der Waals surface area (Å²) in [5.41, 5.74) is 1.13. The van der Waals surface area contributed by atoms with Crippen LogP contribution in [0.15, 0.2) is 42.5 Å². The summed E-state index contributed by atoms with van der Waals surface area (Å²) in [7, 11) is 1.41. The minimum absolute atomic E-state index is 0.173. The van der Waals surface area contributed by atoms with Crippen molar-refractivity contribution in [3.63, 3.8) is 0 Å². The summed E-state index contributed by atoms with van der Waals surface area (Å²) in [5.74, 6) is -0.468. The van der Waals surface area contributed by atoms with Crippen molar-refractivity contribution >= 4 is 5.91 Å². The lowest BCUT2D eigenvalue weighted by molar-refractivity contribution is 0.0954. The zero-order chi connectivity index (χ0) is 15.2. The van der Waals surface area contributed by atoms with Crippen LogP contribution in [0.3, 0.4) is 0 Å². The van der Waals surface area contributed by atoms with E-state index < -0.39 is 0 Å². The van der Waals surface area contributed by atoms with Gasteiger partial charge in [0.05, 0.1) is 7.11 Å². The molecule has 0 radical (unpaired) electrons. The van der Waals surface area contributed by atoms with Crippen molar-refractivity contribution < 1.29 is 19.7 Å². The second-order valence-electron chi connectivity index (χ2n) is 4.50. The van der Waals surface area contributed by atoms with Gasteiger partial charge in [-0.15, -0.1) is 0 Å². The maximum Gasteiger partial charge on any atom is 0.251 e. The Bertz CT molecular complexity index is 626. The van der Waals surface area contributed by atoms with E-state index in [2.05, 4.69) is 5.32 Å². The number of phenols is 2. The highest BCUT2D eigenvalue weighted by molar-refractivity contribution is 5.94. The van der Waals surface area contributed by atoms with E-state index in [1.165, 1.54) is 7.11 Å². The topological polar surface area (TPSA) is 78.8 Å². The molecule has 0 heterocycles. The molecule has 21 heavy (non-hydrogen) atoms. The average molecular weight is 287 g/mol. The Morgan fingerprint density at radius 1 is 1.10 bits per heavy atom. The molecule has 2 aromatic carbocycles. The zero-order valence-electron chi connectivity index (χ0n) is 11.7. The van der Waals surface area contributed by atoms with Crippen molar-refractivity contribution in [2.24, 2.45) is 0 Å². The molecule has 0 aromatic heterocycles. The number of benzene rings is 2. The van der Waals surface area contributed by atoms with Crippen LogP contribution < -0.4 is 10.1 Å². The van der Waals surface area contributed by atoms with Gasteiger partial charge in [-0.25, -0.2) is 0 Å². The molecule has 110 valence electrons. The van der Waals surface area contributed by atoms with E-state index >= 15 is 0 Å². The molecule has 0 unspecified atom stereocenters. The van der Waals surface area contributed by atoms with Crippen LogP contribution >= 0.6 is 0 Å². The van der Waals surface area contributed by atoms with Crippen LogP contribution in [0.2, 0.25) is 0 Å². The van der Waals surface area contributed by atoms with Crippen molar-refractivity contribution in [2.75, 3.05) is 13.7 Å². The molecule has 2 rings (SSSR count). The van der Waals surface area contributed by atoms with Crippen LogP contribution in [-0.2, 0) is 6.42 Å². The first-order valence-corrected chi connectivity index (χ1v) is 6.54. The molecule has 5 nitrogen and oxygen atoms in total. The highest BCUT2D eigenvalue weighted by Crippen LogP contribution is 2.37. The number of phenolic OH excluding ortho intramolecular Hbond substituents is 2. The Balaban J connectivity index is 1.95. The predicted octanol–water partition coefficient (Wildman–Crippen LogP) is 2.08. The van der Waals surface area contributed by atoms with E-state index in [1.807, 2.05) is 6.07 Å². The highest BCUT2D eigenvalue weighted by Gasteiger charge is 2.12. The highest BCUT2D eigenvalue weighted by atomic mass is 16.5. The molecule has 0 atom stereocenters. The number of hydrogen-bond acceptors (Lipinski definition) is 4. The van der Waals surface area contributed by atoms with Crippen molar-refractivity contribution in [3.8, 4) is 17.2 Å². The van der Waals surface area contributed by atoms with Gasteiger partial charge in [0.25, 0.3) is 5.91 Å². The number of ether oxygens (including phenoxy) is 1. The van der Waals surface area contributed by atoms with Crippen molar-refractivity contribution in [1.82, 2.24) is 5.32 Å². The summed E-state index contributed by atoms with van der Waals surface area (Å²) in [4.78, 5) is 11.8. The monoisotopic (exact) mass is 287 g/mol. The number of rotatable bonds is 5. The van der Waals surface area contributed by atoms with Gasteiger partial charge in [-0.05, 0) is 30.2 Å². The van der Waals surface area contributed by atoms with Gasteiger partial charge >= 0.3 is 0 Å². The molecule has 0 bridgehead atoms. The first kappa shape index (κ1) is 14.7. The zero-order valence-corrected chi connectivity index (χ0v) is 11.7. The lowest BCUT2D eigenvalue weighted by Gasteiger charge is -2.10. The Labute approximate surface area is 122 Å². The first-order valence-electron chi connectivity index (χ1n) is 6.54. The number of aromatic hydroxyl groups is 2. The fraction of sp³-hybridized carbons (Fsp3) is 0.188. The third-order valence-electron chi connectivity index (χ3n) is 3.13. The minimum Gasteiger partial charge on any atom is -0.504 e. The number of carbonyl (C=O) groups is 1. The van der Waals surface area contributed by atoms with Gasteiger partial charge in [0.15, 0.2) is 11.5 Å². The second-order valence-corrected chi connectivity index (χ2v) is 4.50. The Kier molecular flexibility index (Phi) is 4.66. The lowest BCUT2D eigenvalue weighted by Crippen LogP contribution is -2.25. The van der Waals surface area contributed by atoms with Gasteiger partial charge in [0.2, 0.25) is 5.75 Å². The van der Waals surface area contributed by atoms with E-state index in [9.17, 15) is 15.0 Å². The molecule has 0 saturated heterocycles. The molecule has 0 fully saturated rings. The number of methoxy groups -OCH3 is 1. The number of carbonyl (C=O) groups excluding carboxylic acids is 1. The molecule has 5 heteroatoms. The number of hydrogen-bond donors (Lipinski definition) is 3. The fourth-order valence-electron chi connectivity index (χ4n) is 1.97. The molecule has 2 aromatic rings. The van der Waals surface area contributed by atoms with Gasteiger partial charge in [-0.3, -0.25) is 4.79 Å². The van der Waals surface area contributed by atoms with Gasteiger partial charge in [0, 0.05) is 12.1 Å². The van der Waals surface area contributed by atoms with E-state index in [0.717, 1.165) is 0 Å². The van der Waals surface area contributed by atoms with E-state index in [4.69, 9.17) is 4.74 Å². The van der Waals surface area contributed by atoms with Crippen LogP contribution in [0.25, 0.3) is 0 Å². The van der Waals surface area contributed by atoms with Crippen molar-refractivity contribution in [1.29, 1.82) is 0 Å². The molecule has 0 aliphatic heterocycles. The summed E-state index contributed by atoms with van der Waals surface area (Å²) < 4.78 is 4.90. The standard InChI is InChI=1S/C16H17NO4/c1-21-13-8-7-11(14(18)15(13)19)9-10-17-16(20)12-5-3-2-4-6-12/h2-8,18-19H,9-10H2,1H3,(H,17,20). The minimum atomic E-state index is -0.288. The van der Waals surface area contributed by atoms with E-state index in [1.54, 1.807) is 36.4 Å². The van der Waals surface area contributed by atoms with Crippen molar-refractivity contribution in [2.45, 2.75) is 6.42 Å². The molecular formula is C16H17NO4. The maximum atomic E-state index is 11.8. The largest absolute Gasteiger partial charge is 0.504 e. The summed E-state index contributed by atoms with van der Waals surface area (Å²) in [6, 6.07) is 12.1. The molecule has 0 spiro atoms. The van der Waals surface area contributed by atoms with E-state index in [0.29, 0.717) is 24.1 Å². The lowest BCUT2D eigenvalue weighted by atomic mass is 10.1. The van der Waals surface area contributed by atoms with Gasteiger partial charge < -0.3 is 20.3 Å². The smallest absolute Gasteiger partial charge is 0.251 e. The average Bonchev–Trinajstić information content (AvgIpc) is 2.52. The molecule has 0 aliphatic rings. The maximum absolute atomic E-state index is 11.8. The normalized spacial score (nSPS) is 10.1. The summed E-state index contributed by atoms with van der Waals surface area (Å²) in [5, 5.41) is 22.3.